The maximum absolute atomic E-state index is 12.2. The molecule has 2 aromatic rings. The van der Waals surface area contributed by atoms with Gasteiger partial charge in [-0.2, -0.15) is 5.10 Å². The molecule has 1 atom stereocenters. The van der Waals surface area contributed by atoms with Gasteiger partial charge in [0.2, 0.25) is 5.91 Å². The molecule has 0 bridgehead atoms. The lowest BCUT2D eigenvalue weighted by molar-refractivity contribution is -0.119. The zero-order valence-corrected chi connectivity index (χ0v) is 15.4. The van der Waals surface area contributed by atoms with Crippen molar-refractivity contribution in [2.24, 2.45) is 0 Å². The number of carbonyl (C=O) groups excluding carboxylic acids is 2. The summed E-state index contributed by atoms with van der Waals surface area (Å²) in [5.74, 6) is 0.570. The number of benzene rings is 1. The maximum atomic E-state index is 12.2. The number of nitrogens with zero attached hydrogens (tertiary/aromatic N) is 2. The first-order valence-electron chi connectivity index (χ1n) is 9.12. The van der Waals surface area contributed by atoms with E-state index in [-0.39, 0.29) is 12.0 Å². The van der Waals surface area contributed by atoms with Crippen molar-refractivity contribution in [2.45, 2.75) is 32.8 Å². The van der Waals surface area contributed by atoms with Crippen LogP contribution in [0.25, 0.3) is 11.3 Å². The molecule has 1 aromatic heterocycles. The van der Waals surface area contributed by atoms with E-state index in [1.165, 1.54) is 12.5 Å². The Hall–Kier alpha value is -3.03. The van der Waals surface area contributed by atoms with Gasteiger partial charge >= 0.3 is 6.09 Å². The van der Waals surface area contributed by atoms with Gasteiger partial charge in [0.15, 0.2) is 0 Å². The van der Waals surface area contributed by atoms with Gasteiger partial charge in [-0.15, -0.1) is 0 Å². The van der Waals surface area contributed by atoms with Crippen LogP contribution in [0.5, 0.6) is 5.75 Å². The number of anilines is 1. The Morgan fingerprint density at radius 3 is 3.07 bits per heavy atom. The lowest BCUT2D eigenvalue weighted by atomic mass is 10.0. The van der Waals surface area contributed by atoms with E-state index in [4.69, 9.17) is 9.47 Å². The fourth-order valence-electron chi connectivity index (χ4n) is 3.55. The molecule has 1 saturated heterocycles. The summed E-state index contributed by atoms with van der Waals surface area (Å²) in [7, 11) is 0. The molecular formula is C19H22N4O4. The van der Waals surface area contributed by atoms with E-state index in [2.05, 4.69) is 22.4 Å². The molecular weight excluding hydrogens is 348 g/mol. The van der Waals surface area contributed by atoms with Gasteiger partial charge in [0.05, 0.1) is 36.8 Å². The first-order valence-corrected chi connectivity index (χ1v) is 9.12. The summed E-state index contributed by atoms with van der Waals surface area (Å²) in [6.45, 7) is 4.77. The van der Waals surface area contributed by atoms with Crippen LogP contribution >= 0.6 is 0 Å². The van der Waals surface area contributed by atoms with E-state index in [1.807, 2.05) is 18.2 Å². The van der Waals surface area contributed by atoms with Crippen molar-refractivity contribution < 1.29 is 19.1 Å². The predicted molar refractivity (Wildman–Crippen MR) is 98.9 cm³/mol. The van der Waals surface area contributed by atoms with Gasteiger partial charge in [0.1, 0.15) is 11.9 Å². The minimum Gasteiger partial charge on any atom is -0.492 e. The molecule has 2 aliphatic rings. The van der Waals surface area contributed by atoms with Gasteiger partial charge in [0, 0.05) is 30.5 Å². The highest BCUT2D eigenvalue weighted by atomic mass is 16.6. The van der Waals surface area contributed by atoms with E-state index in [0.717, 1.165) is 35.5 Å². The standard InChI is InChI=1S/C19H22N4O4/c1-3-16-14-6-7-26-17-8-12(4-5-15(17)18(14)22-21-16)23-10-13(27-19(23)25)9-20-11(2)24/h4-5,8,13H,3,6-7,9-10H2,1-2H3,(H,20,24)(H,21,22)/t13-/m0/s1. The molecule has 1 fully saturated rings. The second-order valence-corrected chi connectivity index (χ2v) is 6.71. The maximum Gasteiger partial charge on any atom is 0.414 e. The molecule has 8 nitrogen and oxygen atoms in total. The van der Waals surface area contributed by atoms with Crippen LogP contribution in [0.15, 0.2) is 18.2 Å². The topological polar surface area (TPSA) is 96.6 Å². The molecule has 8 heteroatoms. The Kier molecular flexibility index (Phi) is 4.47. The first kappa shape index (κ1) is 17.4. The van der Waals surface area contributed by atoms with E-state index in [9.17, 15) is 9.59 Å². The van der Waals surface area contributed by atoms with Crippen LogP contribution in [0.1, 0.15) is 25.1 Å². The number of hydrogen-bond donors (Lipinski definition) is 2. The van der Waals surface area contributed by atoms with Crippen molar-refractivity contribution in [2.75, 3.05) is 24.6 Å². The summed E-state index contributed by atoms with van der Waals surface area (Å²) in [5.41, 5.74) is 4.90. The number of hydrogen-bond acceptors (Lipinski definition) is 5. The second kappa shape index (κ2) is 6.94. The molecule has 2 aliphatic heterocycles. The normalized spacial score (nSPS) is 18.2. The van der Waals surface area contributed by atoms with Crippen molar-refractivity contribution in [3.8, 4) is 17.0 Å². The Morgan fingerprint density at radius 1 is 1.44 bits per heavy atom. The number of aromatic nitrogens is 2. The summed E-state index contributed by atoms with van der Waals surface area (Å²) in [4.78, 5) is 24.9. The third-order valence-corrected chi connectivity index (χ3v) is 4.90. The number of amides is 2. The van der Waals surface area contributed by atoms with Crippen molar-refractivity contribution in [1.82, 2.24) is 15.5 Å². The van der Waals surface area contributed by atoms with Crippen LogP contribution in [0.3, 0.4) is 0 Å². The van der Waals surface area contributed by atoms with Crippen LogP contribution < -0.4 is 15.0 Å². The summed E-state index contributed by atoms with van der Waals surface area (Å²) >= 11 is 0. The molecule has 142 valence electrons. The molecule has 0 saturated carbocycles. The zero-order valence-electron chi connectivity index (χ0n) is 15.4. The van der Waals surface area contributed by atoms with Gasteiger partial charge in [-0.25, -0.2) is 4.79 Å². The number of nitrogens with one attached hydrogen (secondary N) is 2. The molecule has 27 heavy (non-hydrogen) atoms. The van der Waals surface area contributed by atoms with E-state index in [1.54, 1.807) is 4.90 Å². The highest BCUT2D eigenvalue weighted by molar-refractivity contribution is 5.91. The van der Waals surface area contributed by atoms with Gasteiger partial charge in [0.25, 0.3) is 0 Å². The van der Waals surface area contributed by atoms with Crippen LogP contribution in [-0.4, -0.2) is 48.0 Å². The van der Waals surface area contributed by atoms with Crippen LogP contribution in [0.4, 0.5) is 10.5 Å². The summed E-state index contributed by atoms with van der Waals surface area (Å²) in [5, 5.41) is 10.2. The largest absolute Gasteiger partial charge is 0.492 e. The highest BCUT2D eigenvalue weighted by Crippen LogP contribution is 2.38. The quantitative estimate of drug-likeness (QED) is 0.858. The summed E-state index contributed by atoms with van der Waals surface area (Å²) in [6, 6.07) is 5.69. The van der Waals surface area contributed by atoms with E-state index in [0.29, 0.717) is 25.4 Å². The van der Waals surface area contributed by atoms with Crippen LogP contribution in [0, 0.1) is 0 Å². The Bertz CT molecular complexity index is 892. The molecule has 0 radical (unpaired) electrons. The van der Waals surface area contributed by atoms with Gasteiger partial charge in [-0.3, -0.25) is 14.8 Å². The predicted octanol–water partition coefficient (Wildman–Crippen LogP) is 2.04. The smallest absolute Gasteiger partial charge is 0.414 e. The minimum atomic E-state index is -0.422. The molecule has 2 amide bonds. The van der Waals surface area contributed by atoms with Crippen molar-refractivity contribution >= 4 is 17.7 Å². The Morgan fingerprint density at radius 2 is 2.30 bits per heavy atom. The van der Waals surface area contributed by atoms with Crippen molar-refractivity contribution in [3.63, 3.8) is 0 Å². The molecule has 0 spiro atoms. The number of aryl methyl sites for hydroxylation is 1. The number of ether oxygens (including phenoxy) is 2. The monoisotopic (exact) mass is 370 g/mol. The SMILES string of the molecule is CCc1n[nH]c2c1CCOc1cc(N3C[C@H](CNC(C)=O)OC3=O)ccc1-2. The fraction of sp³-hybridized carbons (Fsp3) is 0.421. The first-order chi connectivity index (χ1) is 13.1. The van der Waals surface area contributed by atoms with Crippen molar-refractivity contribution in [1.29, 1.82) is 0 Å². The molecule has 4 rings (SSSR count). The average Bonchev–Trinajstić information content (AvgIpc) is 3.18. The van der Waals surface area contributed by atoms with Crippen molar-refractivity contribution in [3.05, 3.63) is 29.5 Å². The number of cyclic esters (lactones) is 1. The third-order valence-electron chi connectivity index (χ3n) is 4.90. The van der Waals surface area contributed by atoms with Gasteiger partial charge in [-0.05, 0) is 18.6 Å². The Balaban J connectivity index is 1.59. The molecule has 3 heterocycles. The molecule has 0 unspecified atom stereocenters. The van der Waals surface area contributed by atoms with Crippen LogP contribution in [0.2, 0.25) is 0 Å². The second-order valence-electron chi connectivity index (χ2n) is 6.71. The number of fused-ring (bicyclic) bond motifs is 3. The van der Waals surface area contributed by atoms with E-state index < -0.39 is 6.09 Å². The highest BCUT2D eigenvalue weighted by Gasteiger charge is 2.33. The zero-order chi connectivity index (χ0) is 19.0. The molecule has 2 N–H and O–H groups in total. The molecule has 0 aliphatic carbocycles. The number of aromatic amines is 1. The summed E-state index contributed by atoms with van der Waals surface area (Å²) < 4.78 is 11.3. The average molecular weight is 370 g/mol. The summed E-state index contributed by atoms with van der Waals surface area (Å²) in [6.07, 6.45) is 0.875. The van der Waals surface area contributed by atoms with Gasteiger partial charge in [-0.1, -0.05) is 6.92 Å². The Labute approximate surface area is 156 Å². The number of carbonyl (C=O) groups is 2. The van der Waals surface area contributed by atoms with Gasteiger partial charge < -0.3 is 14.8 Å². The number of rotatable bonds is 4. The third kappa shape index (κ3) is 3.22. The lowest BCUT2D eigenvalue weighted by Gasteiger charge is -2.16. The van der Waals surface area contributed by atoms with E-state index >= 15 is 0 Å². The van der Waals surface area contributed by atoms with Crippen LogP contribution in [-0.2, 0) is 22.4 Å². The lowest BCUT2D eigenvalue weighted by Crippen LogP contribution is -2.33. The fourth-order valence-corrected chi connectivity index (χ4v) is 3.55. The number of H-pyrrole nitrogens is 1. The molecule has 1 aromatic carbocycles. The minimum absolute atomic E-state index is 0.148.